The summed E-state index contributed by atoms with van der Waals surface area (Å²) < 4.78 is 0. The maximum Gasteiger partial charge on any atom is 0.326 e. The van der Waals surface area contributed by atoms with Gasteiger partial charge in [0.1, 0.15) is 6.04 Å². The molecule has 0 aliphatic heterocycles. The number of carbonyl (C=O) groups is 2. The van der Waals surface area contributed by atoms with E-state index in [0.717, 1.165) is 5.56 Å². The number of amides is 2. The van der Waals surface area contributed by atoms with E-state index in [4.69, 9.17) is 16.7 Å². The highest BCUT2D eigenvalue weighted by atomic mass is 35.5. The number of anilines is 1. The standard InChI is InChI=1S/C13H15ClN2O3/c1-3-4-11(12(17)18)16-13(19)15-10-6-5-8(2)7-9(10)14/h3,5-7,11H,1,4H2,2H3,(H,17,18)(H2,15,16,19). The van der Waals surface area contributed by atoms with Gasteiger partial charge in [-0.05, 0) is 31.0 Å². The second-order valence-electron chi connectivity index (χ2n) is 4.00. The van der Waals surface area contributed by atoms with Crippen LogP contribution in [0, 0.1) is 6.92 Å². The molecule has 0 aliphatic rings. The van der Waals surface area contributed by atoms with E-state index >= 15 is 0 Å². The Balaban J connectivity index is 2.68. The van der Waals surface area contributed by atoms with Crippen LogP contribution in [0.3, 0.4) is 0 Å². The van der Waals surface area contributed by atoms with Gasteiger partial charge in [-0.1, -0.05) is 23.7 Å². The molecular formula is C13H15ClN2O3. The fourth-order valence-corrected chi connectivity index (χ4v) is 1.71. The Morgan fingerprint density at radius 3 is 2.74 bits per heavy atom. The highest BCUT2D eigenvalue weighted by molar-refractivity contribution is 6.33. The molecule has 5 nitrogen and oxygen atoms in total. The maximum atomic E-state index is 11.7. The predicted molar refractivity (Wildman–Crippen MR) is 74.6 cm³/mol. The average molecular weight is 283 g/mol. The lowest BCUT2D eigenvalue weighted by Gasteiger charge is -2.14. The molecule has 102 valence electrons. The number of benzene rings is 1. The van der Waals surface area contributed by atoms with Crippen LogP contribution in [-0.2, 0) is 4.79 Å². The smallest absolute Gasteiger partial charge is 0.326 e. The Labute approximate surface area is 116 Å². The Bertz CT molecular complexity index is 503. The summed E-state index contributed by atoms with van der Waals surface area (Å²) in [6.07, 6.45) is 1.57. The molecular weight excluding hydrogens is 268 g/mol. The molecule has 0 aromatic heterocycles. The summed E-state index contributed by atoms with van der Waals surface area (Å²) in [5, 5.41) is 14.1. The van der Waals surface area contributed by atoms with Gasteiger partial charge in [0.15, 0.2) is 0 Å². The van der Waals surface area contributed by atoms with E-state index in [9.17, 15) is 9.59 Å². The molecule has 0 saturated heterocycles. The molecule has 19 heavy (non-hydrogen) atoms. The number of aliphatic carboxylic acids is 1. The van der Waals surface area contributed by atoms with E-state index < -0.39 is 18.0 Å². The molecule has 1 aromatic rings. The molecule has 0 heterocycles. The minimum atomic E-state index is -1.12. The summed E-state index contributed by atoms with van der Waals surface area (Å²) in [7, 11) is 0. The van der Waals surface area contributed by atoms with Crippen LogP contribution in [0.15, 0.2) is 30.9 Å². The molecule has 0 spiro atoms. The zero-order valence-corrected chi connectivity index (χ0v) is 11.2. The number of carboxylic acid groups (broad SMARTS) is 1. The van der Waals surface area contributed by atoms with Crippen molar-refractivity contribution >= 4 is 29.3 Å². The Morgan fingerprint density at radius 2 is 2.21 bits per heavy atom. The van der Waals surface area contributed by atoms with Gasteiger partial charge in [-0.15, -0.1) is 6.58 Å². The van der Waals surface area contributed by atoms with E-state index in [1.807, 2.05) is 6.92 Å². The van der Waals surface area contributed by atoms with Gasteiger partial charge in [0, 0.05) is 0 Å². The summed E-state index contributed by atoms with van der Waals surface area (Å²) in [5.74, 6) is -1.12. The second kappa shape index (κ2) is 6.80. The first-order chi connectivity index (χ1) is 8.93. The first kappa shape index (κ1) is 15.0. The quantitative estimate of drug-likeness (QED) is 0.727. The van der Waals surface area contributed by atoms with Crippen molar-refractivity contribution < 1.29 is 14.7 Å². The van der Waals surface area contributed by atoms with Crippen LogP contribution in [0.2, 0.25) is 5.02 Å². The van der Waals surface area contributed by atoms with Crippen LogP contribution in [0.1, 0.15) is 12.0 Å². The van der Waals surface area contributed by atoms with Gasteiger partial charge in [-0.3, -0.25) is 0 Å². The highest BCUT2D eigenvalue weighted by Gasteiger charge is 2.18. The molecule has 0 radical (unpaired) electrons. The van der Waals surface area contributed by atoms with Crippen molar-refractivity contribution in [3.8, 4) is 0 Å². The van der Waals surface area contributed by atoms with Gasteiger partial charge in [0.05, 0.1) is 10.7 Å². The molecule has 1 atom stereocenters. The molecule has 3 N–H and O–H groups in total. The number of hydrogen-bond donors (Lipinski definition) is 3. The SMILES string of the molecule is C=CCC(NC(=O)Nc1ccc(C)cc1Cl)C(=O)O. The summed E-state index contributed by atoms with van der Waals surface area (Å²) in [4.78, 5) is 22.5. The fourth-order valence-electron chi connectivity index (χ4n) is 1.43. The topological polar surface area (TPSA) is 78.4 Å². The van der Waals surface area contributed by atoms with Gasteiger partial charge in [0.2, 0.25) is 0 Å². The summed E-state index contributed by atoms with van der Waals surface area (Å²) >= 11 is 5.96. The Hall–Kier alpha value is -2.01. The van der Waals surface area contributed by atoms with Crippen LogP contribution in [0.25, 0.3) is 0 Å². The summed E-state index contributed by atoms with van der Waals surface area (Å²) in [6, 6.07) is 3.51. The number of carboxylic acids is 1. The third-order valence-corrected chi connectivity index (χ3v) is 2.69. The van der Waals surface area contributed by atoms with Crippen LogP contribution in [0.5, 0.6) is 0 Å². The molecule has 0 aliphatic carbocycles. The lowest BCUT2D eigenvalue weighted by atomic mass is 10.2. The van der Waals surface area contributed by atoms with E-state index in [2.05, 4.69) is 17.2 Å². The largest absolute Gasteiger partial charge is 0.480 e. The number of hydrogen-bond acceptors (Lipinski definition) is 2. The number of aryl methyl sites for hydroxylation is 1. The molecule has 1 aromatic carbocycles. The number of nitrogens with one attached hydrogen (secondary N) is 2. The Kier molecular flexibility index (Phi) is 5.38. The van der Waals surface area contributed by atoms with Crippen molar-refractivity contribution in [3.05, 3.63) is 41.4 Å². The van der Waals surface area contributed by atoms with Crippen LogP contribution in [0.4, 0.5) is 10.5 Å². The molecule has 0 saturated carbocycles. The monoisotopic (exact) mass is 282 g/mol. The van der Waals surface area contributed by atoms with E-state index in [-0.39, 0.29) is 6.42 Å². The summed E-state index contributed by atoms with van der Waals surface area (Å²) in [6.45, 7) is 5.32. The minimum absolute atomic E-state index is 0.143. The van der Waals surface area contributed by atoms with Gasteiger partial charge < -0.3 is 15.7 Å². The fraction of sp³-hybridized carbons (Fsp3) is 0.231. The maximum absolute atomic E-state index is 11.7. The van der Waals surface area contributed by atoms with Gasteiger partial charge in [-0.25, -0.2) is 9.59 Å². The number of carbonyl (C=O) groups excluding carboxylic acids is 1. The summed E-state index contributed by atoms with van der Waals surface area (Å²) in [5.41, 5.74) is 1.39. The van der Waals surface area contributed by atoms with Crippen molar-refractivity contribution in [3.63, 3.8) is 0 Å². The first-order valence-corrected chi connectivity index (χ1v) is 5.99. The van der Waals surface area contributed by atoms with Crippen molar-refractivity contribution in [1.82, 2.24) is 5.32 Å². The molecule has 6 heteroatoms. The molecule has 1 unspecified atom stereocenters. The number of urea groups is 1. The zero-order valence-electron chi connectivity index (χ0n) is 10.4. The van der Waals surface area contributed by atoms with Crippen molar-refractivity contribution in [2.45, 2.75) is 19.4 Å². The van der Waals surface area contributed by atoms with Crippen molar-refractivity contribution in [2.75, 3.05) is 5.32 Å². The lowest BCUT2D eigenvalue weighted by Crippen LogP contribution is -2.42. The van der Waals surface area contributed by atoms with Gasteiger partial charge >= 0.3 is 12.0 Å². The Morgan fingerprint density at radius 1 is 1.53 bits per heavy atom. The van der Waals surface area contributed by atoms with Gasteiger partial charge in [-0.2, -0.15) is 0 Å². The lowest BCUT2D eigenvalue weighted by molar-refractivity contribution is -0.139. The highest BCUT2D eigenvalue weighted by Crippen LogP contribution is 2.22. The zero-order chi connectivity index (χ0) is 14.4. The normalized spacial score (nSPS) is 11.5. The van der Waals surface area contributed by atoms with E-state index in [1.54, 1.807) is 18.2 Å². The molecule has 1 rings (SSSR count). The third-order valence-electron chi connectivity index (χ3n) is 2.38. The molecule has 0 bridgehead atoms. The van der Waals surface area contributed by atoms with Crippen LogP contribution < -0.4 is 10.6 Å². The minimum Gasteiger partial charge on any atom is -0.480 e. The average Bonchev–Trinajstić information content (AvgIpc) is 2.32. The van der Waals surface area contributed by atoms with Crippen molar-refractivity contribution in [1.29, 1.82) is 0 Å². The van der Waals surface area contributed by atoms with Crippen LogP contribution in [-0.4, -0.2) is 23.1 Å². The van der Waals surface area contributed by atoms with E-state index in [0.29, 0.717) is 10.7 Å². The van der Waals surface area contributed by atoms with Crippen molar-refractivity contribution in [2.24, 2.45) is 0 Å². The molecule has 0 fully saturated rings. The number of halogens is 1. The number of rotatable bonds is 5. The predicted octanol–water partition coefficient (Wildman–Crippen LogP) is 2.80. The first-order valence-electron chi connectivity index (χ1n) is 5.61. The second-order valence-corrected chi connectivity index (χ2v) is 4.40. The molecule has 2 amide bonds. The van der Waals surface area contributed by atoms with Crippen LogP contribution >= 0.6 is 11.6 Å². The third kappa shape index (κ3) is 4.63. The van der Waals surface area contributed by atoms with E-state index in [1.165, 1.54) is 6.08 Å². The van der Waals surface area contributed by atoms with Gasteiger partial charge in [0.25, 0.3) is 0 Å².